The molecule has 1 saturated heterocycles. The van der Waals surface area contributed by atoms with Crippen molar-refractivity contribution >= 4 is 5.91 Å². The number of ether oxygens (including phenoxy) is 2. The van der Waals surface area contributed by atoms with Crippen molar-refractivity contribution in [1.29, 1.82) is 0 Å². The Labute approximate surface area is 160 Å². The molecule has 0 radical (unpaired) electrons. The molecule has 1 aromatic carbocycles. The molecule has 0 aliphatic carbocycles. The Bertz CT molecular complexity index is 757. The van der Waals surface area contributed by atoms with E-state index in [9.17, 15) is 4.79 Å². The minimum atomic E-state index is 0.0153. The fourth-order valence-electron chi connectivity index (χ4n) is 3.90. The molecule has 1 aromatic heterocycles. The van der Waals surface area contributed by atoms with Gasteiger partial charge in [-0.15, -0.1) is 0 Å². The summed E-state index contributed by atoms with van der Waals surface area (Å²) in [5.74, 6) is 1.21. The predicted octanol–water partition coefficient (Wildman–Crippen LogP) is 3.23. The van der Waals surface area contributed by atoms with Crippen molar-refractivity contribution < 1.29 is 14.3 Å². The van der Waals surface area contributed by atoms with Crippen molar-refractivity contribution in [3.63, 3.8) is 0 Å². The van der Waals surface area contributed by atoms with Crippen molar-refractivity contribution in [3.05, 3.63) is 59.9 Å². The van der Waals surface area contributed by atoms with Crippen LogP contribution in [0.2, 0.25) is 0 Å². The second-order valence-electron chi connectivity index (χ2n) is 7.34. The number of hydrogen-bond donors (Lipinski definition) is 0. The van der Waals surface area contributed by atoms with E-state index in [-0.39, 0.29) is 17.9 Å². The summed E-state index contributed by atoms with van der Waals surface area (Å²) in [5, 5.41) is 0. The highest BCUT2D eigenvalue weighted by atomic mass is 16.5. The van der Waals surface area contributed by atoms with Crippen LogP contribution in [0.3, 0.4) is 0 Å². The Hall–Kier alpha value is -2.40. The summed E-state index contributed by atoms with van der Waals surface area (Å²) >= 11 is 0. The minimum Gasteiger partial charge on any atom is -0.493 e. The zero-order valence-corrected chi connectivity index (χ0v) is 15.5. The molecule has 0 saturated carbocycles. The lowest BCUT2D eigenvalue weighted by atomic mass is 9.94. The summed E-state index contributed by atoms with van der Waals surface area (Å²) in [7, 11) is 0. The van der Waals surface area contributed by atoms with E-state index in [1.165, 1.54) is 0 Å². The summed E-state index contributed by atoms with van der Waals surface area (Å²) < 4.78 is 11.8. The van der Waals surface area contributed by atoms with Gasteiger partial charge in [0.1, 0.15) is 5.75 Å². The molecule has 1 fully saturated rings. The topological polar surface area (TPSA) is 51.7 Å². The van der Waals surface area contributed by atoms with Crippen molar-refractivity contribution in [2.45, 2.75) is 38.4 Å². The minimum absolute atomic E-state index is 0.0153. The lowest BCUT2D eigenvalue weighted by molar-refractivity contribution is -0.138. The van der Waals surface area contributed by atoms with E-state index in [1.54, 1.807) is 6.20 Å². The third-order valence-electron chi connectivity index (χ3n) is 5.47. The highest BCUT2D eigenvalue weighted by molar-refractivity contribution is 5.79. The Morgan fingerprint density at radius 3 is 2.81 bits per heavy atom. The number of aromatic nitrogens is 1. The molecule has 1 amide bonds. The Kier molecular flexibility index (Phi) is 5.68. The van der Waals surface area contributed by atoms with Gasteiger partial charge in [-0.2, -0.15) is 0 Å². The first-order valence-electron chi connectivity index (χ1n) is 9.79. The lowest BCUT2D eigenvalue weighted by Gasteiger charge is -2.34. The molecule has 0 bridgehead atoms. The molecule has 3 heterocycles. The summed E-state index contributed by atoms with van der Waals surface area (Å²) in [5.41, 5.74) is 2.23. The normalized spacial score (nSPS) is 20.4. The number of carbonyl (C=O) groups excluding carboxylic acids is 1. The van der Waals surface area contributed by atoms with E-state index in [0.717, 1.165) is 55.6 Å². The van der Waals surface area contributed by atoms with Gasteiger partial charge in [-0.25, -0.2) is 0 Å². The maximum absolute atomic E-state index is 13.0. The molecule has 0 spiro atoms. The number of nitrogens with zero attached hydrogens (tertiary/aromatic N) is 2. The average molecular weight is 366 g/mol. The summed E-state index contributed by atoms with van der Waals surface area (Å²) in [6.45, 7) is 2.74. The highest BCUT2D eigenvalue weighted by Crippen LogP contribution is 2.28. The predicted molar refractivity (Wildman–Crippen MR) is 102 cm³/mol. The number of benzene rings is 1. The molecule has 2 aliphatic heterocycles. The van der Waals surface area contributed by atoms with Crippen LogP contribution >= 0.6 is 0 Å². The van der Waals surface area contributed by atoms with Crippen LogP contribution in [-0.4, -0.2) is 41.6 Å². The van der Waals surface area contributed by atoms with Crippen LogP contribution in [0.4, 0.5) is 0 Å². The van der Waals surface area contributed by atoms with Crippen LogP contribution < -0.4 is 4.74 Å². The van der Waals surface area contributed by atoms with Gasteiger partial charge in [-0.05, 0) is 48.9 Å². The number of hydrogen-bond acceptors (Lipinski definition) is 4. The van der Waals surface area contributed by atoms with Gasteiger partial charge in [0.15, 0.2) is 0 Å². The van der Waals surface area contributed by atoms with Crippen molar-refractivity contribution in [3.8, 4) is 5.75 Å². The number of para-hydroxylation sites is 1. The van der Waals surface area contributed by atoms with E-state index < -0.39 is 0 Å². The van der Waals surface area contributed by atoms with Gasteiger partial charge < -0.3 is 14.4 Å². The number of likely N-dealkylation sites (tertiary alicyclic amines) is 1. The zero-order valence-electron chi connectivity index (χ0n) is 15.5. The first kappa shape index (κ1) is 18.0. The molecule has 142 valence electrons. The summed E-state index contributed by atoms with van der Waals surface area (Å²) in [6, 6.07) is 12.0. The molecular formula is C22H26N2O3. The van der Waals surface area contributed by atoms with E-state index in [0.29, 0.717) is 13.2 Å². The molecule has 2 aliphatic rings. The van der Waals surface area contributed by atoms with E-state index in [2.05, 4.69) is 11.1 Å². The Balaban J connectivity index is 1.28. The number of rotatable bonds is 4. The number of fused-ring (bicyclic) bond motifs is 1. The standard InChI is InChI=1S/C22H26N2O3/c25-22(19-9-13-26-21-6-2-1-5-18(21)14-19)24-11-7-20(8-12-24)27-16-17-4-3-10-23-15-17/h1-6,10,15,19-20H,7-9,11-14,16H2/t19-/m0/s1. The summed E-state index contributed by atoms with van der Waals surface area (Å²) in [4.78, 5) is 19.2. The molecular weight excluding hydrogens is 340 g/mol. The lowest BCUT2D eigenvalue weighted by Crippen LogP contribution is -2.44. The van der Waals surface area contributed by atoms with E-state index in [1.807, 2.05) is 41.4 Å². The fraction of sp³-hybridized carbons (Fsp3) is 0.455. The molecule has 27 heavy (non-hydrogen) atoms. The molecule has 0 unspecified atom stereocenters. The van der Waals surface area contributed by atoms with Crippen molar-refractivity contribution in [1.82, 2.24) is 9.88 Å². The fourth-order valence-corrected chi connectivity index (χ4v) is 3.90. The molecule has 1 atom stereocenters. The van der Waals surface area contributed by atoms with Crippen LogP contribution in [0, 0.1) is 5.92 Å². The van der Waals surface area contributed by atoms with E-state index >= 15 is 0 Å². The van der Waals surface area contributed by atoms with Crippen molar-refractivity contribution in [2.24, 2.45) is 5.92 Å². The number of amides is 1. The van der Waals surface area contributed by atoms with Crippen LogP contribution in [-0.2, 0) is 22.6 Å². The van der Waals surface area contributed by atoms with Gasteiger partial charge in [0, 0.05) is 31.4 Å². The maximum Gasteiger partial charge on any atom is 0.226 e. The van der Waals surface area contributed by atoms with Gasteiger partial charge in [-0.3, -0.25) is 9.78 Å². The second kappa shape index (κ2) is 8.53. The number of carbonyl (C=O) groups is 1. The Morgan fingerprint density at radius 1 is 1.15 bits per heavy atom. The number of piperidine rings is 1. The number of pyridine rings is 1. The molecule has 4 rings (SSSR count). The van der Waals surface area contributed by atoms with Crippen LogP contribution in [0.5, 0.6) is 5.75 Å². The third-order valence-corrected chi connectivity index (χ3v) is 5.47. The van der Waals surface area contributed by atoms with Gasteiger partial charge >= 0.3 is 0 Å². The molecule has 5 heteroatoms. The van der Waals surface area contributed by atoms with Crippen molar-refractivity contribution in [2.75, 3.05) is 19.7 Å². The van der Waals surface area contributed by atoms with Gasteiger partial charge in [0.2, 0.25) is 5.91 Å². The van der Waals surface area contributed by atoms with Gasteiger partial charge in [-0.1, -0.05) is 24.3 Å². The first-order valence-corrected chi connectivity index (χ1v) is 9.79. The molecule has 0 N–H and O–H groups in total. The van der Waals surface area contributed by atoms with Crippen LogP contribution in [0.1, 0.15) is 30.4 Å². The second-order valence-corrected chi connectivity index (χ2v) is 7.34. The highest BCUT2D eigenvalue weighted by Gasteiger charge is 2.30. The molecule has 5 nitrogen and oxygen atoms in total. The first-order chi connectivity index (χ1) is 13.3. The molecule has 2 aromatic rings. The largest absolute Gasteiger partial charge is 0.493 e. The third kappa shape index (κ3) is 4.48. The average Bonchev–Trinajstić information content (AvgIpc) is 2.95. The zero-order chi connectivity index (χ0) is 18.5. The maximum atomic E-state index is 13.0. The Morgan fingerprint density at radius 2 is 2.00 bits per heavy atom. The van der Waals surface area contributed by atoms with Gasteiger partial charge in [0.25, 0.3) is 0 Å². The van der Waals surface area contributed by atoms with Crippen LogP contribution in [0.25, 0.3) is 0 Å². The monoisotopic (exact) mass is 366 g/mol. The van der Waals surface area contributed by atoms with Crippen LogP contribution in [0.15, 0.2) is 48.8 Å². The summed E-state index contributed by atoms with van der Waals surface area (Å²) in [6.07, 6.45) is 7.16. The van der Waals surface area contributed by atoms with E-state index in [4.69, 9.17) is 9.47 Å². The van der Waals surface area contributed by atoms with Gasteiger partial charge in [0.05, 0.1) is 19.3 Å². The smallest absolute Gasteiger partial charge is 0.226 e. The SMILES string of the molecule is O=C([C@H]1CCOc2ccccc2C1)N1CCC(OCc2cccnc2)CC1. The quantitative estimate of drug-likeness (QED) is 0.834.